The molecular weight excluding hydrogens is 138 g/mol. The fourth-order valence-corrected chi connectivity index (χ4v) is 2.14. The van der Waals surface area contributed by atoms with Crippen molar-refractivity contribution in [2.45, 2.75) is 13.3 Å². The lowest BCUT2D eigenvalue weighted by Gasteiger charge is -2.23. The summed E-state index contributed by atoms with van der Waals surface area (Å²) in [5.74, 6) is 1.53. The van der Waals surface area contributed by atoms with Crippen molar-refractivity contribution < 1.29 is 4.79 Å². The second kappa shape index (κ2) is 2.36. The van der Waals surface area contributed by atoms with Gasteiger partial charge in [0.25, 0.3) is 0 Å². The first-order valence-corrected chi connectivity index (χ1v) is 4.23. The van der Waals surface area contributed by atoms with E-state index in [4.69, 9.17) is 0 Å². The van der Waals surface area contributed by atoms with Crippen LogP contribution in [-0.2, 0) is 4.79 Å². The number of hydrogen-bond donors (Lipinski definition) is 1. The summed E-state index contributed by atoms with van der Waals surface area (Å²) in [6, 6.07) is 0. The van der Waals surface area contributed by atoms with E-state index in [1.807, 2.05) is 0 Å². The van der Waals surface area contributed by atoms with E-state index in [-0.39, 0.29) is 11.8 Å². The summed E-state index contributed by atoms with van der Waals surface area (Å²) in [5.41, 5.74) is 0. The van der Waals surface area contributed by atoms with Gasteiger partial charge in [0.1, 0.15) is 0 Å². The zero-order chi connectivity index (χ0) is 7.84. The molecule has 2 nitrogen and oxygen atoms in total. The third-order valence-electron chi connectivity index (χ3n) is 2.78. The second-order valence-corrected chi connectivity index (χ2v) is 3.58. The maximum absolute atomic E-state index is 11.3. The highest BCUT2D eigenvalue weighted by Crippen LogP contribution is 2.32. The lowest BCUT2D eigenvalue weighted by atomic mass is 9.79. The van der Waals surface area contributed by atoms with Crippen molar-refractivity contribution >= 4 is 5.91 Å². The molecule has 0 aromatic carbocycles. The Morgan fingerprint density at radius 3 is 3.18 bits per heavy atom. The van der Waals surface area contributed by atoms with Gasteiger partial charge in [-0.2, -0.15) is 0 Å². The largest absolute Gasteiger partial charge is 0.355 e. The van der Waals surface area contributed by atoms with E-state index in [1.54, 1.807) is 0 Å². The van der Waals surface area contributed by atoms with Crippen LogP contribution in [0.15, 0.2) is 12.2 Å². The van der Waals surface area contributed by atoms with Crippen LogP contribution in [0.3, 0.4) is 0 Å². The number of allylic oxidation sites excluding steroid dienone is 1. The molecule has 2 heteroatoms. The zero-order valence-corrected chi connectivity index (χ0v) is 6.71. The van der Waals surface area contributed by atoms with Crippen LogP contribution >= 0.6 is 0 Å². The molecule has 1 fully saturated rings. The van der Waals surface area contributed by atoms with Gasteiger partial charge in [0.15, 0.2) is 0 Å². The van der Waals surface area contributed by atoms with Crippen LogP contribution in [0, 0.1) is 17.8 Å². The van der Waals surface area contributed by atoms with Crippen molar-refractivity contribution in [3.63, 3.8) is 0 Å². The fourth-order valence-electron chi connectivity index (χ4n) is 2.14. The molecule has 60 valence electrons. The van der Waals surface area contributed by atoms with E-state index in [1.165, 1.54) is 0 Å². The normalized spacial score (nSPS) is 41.9. The van der Waals surface area contributed by atoms with E-state index in [0.29, 0.717) is 11.8 Å². The van der Waals surface area contributed by atoms with Crippen molar-refractivity contribution in [2.24, 2.45) is 17.8 Å². The molecule has 0 spiro atoms. The van der Waals surface area contributed by atoms with Crippen LogP contribution in [0.1, 0.15) is 13.3 Å². The highest BCUT2D eigenvalue weighted by molar-refractivity contribution is 5.82. The highest BCUT2D eigenvalue weighted by atomic mass is 16.2. The number of fused-ring (bicyclic) bond motifs is 1. The van der Waals surface area contributed by atoms with Crippen molar-refractivity contribution in [1.29, 1.82) is 0 Å². The Balaban J connectivity index is 2.24. The van der Waals surface area contributed by atoms with Crippen LogP contribution in [0.5, 0.6) is 0 Å². The molecule has 1 heterocycles. The molecule has 0 aromatic rings. The van der Waals surface area contributed by atoms with Crippen molar-refractivity contribution in [3.8, 4) is 0 Å². The van der Waals surface area contributed by atoms with Gasteiger partial charge in [-0.1, -0.05) is 19.1 Å². The van der Waals surface area contributed by atoms with Gasteiger partial charge in [-0.3, -0.25) is 4.79 Å². The lowest BCUT2D eigenvalue weighted by Crippen LogP contribution is -2.26. The van der Waals surface area contributed by atoms with Gasteiger partial charge < -0.3 is 5.32 Å². The molecule has 1 N–H and O–H groups in total. The minimum Gasteiger partial charge on any atom is -0.355 e. The molecule has 2 aliphatic rings. The summed E-state index contributed by atoms with van der Waals surface area (Å²) < 4.78 is 0. The average molecular weight is 151 g/mol. The summed E-state index contributed by atoms with van der Waals surface area (Å²) in [7, 11) is 0. The number of amides is 1. The molecule has 1 unspecified atom stereocenters. The Morgan fingerprint density at radius 1 is 1.64 bits per heavy atom. The van der Waals surface area contributed by atoms with E-state index in [0.717, 1.165) is 13.0 Å². The van der Waals surface area contributed by atoms with Crippen LogP contribution in [0.25, 0.3) is 0 Å². The fraction of sp³-hybridized carbons (Fsp3) is 0.667. The average Bonchev–Trinajstić information content (AvgIpc) is 2.34. The molecule has 11 heavy (non-hydrogen) atoms. The van der Waals surface area contributed by atoms with E-state index in [9.17, 15) is 4.79 Å². The standard InChI is InChI=1S/C9H13NO/c1-6-3-2-4-7-5-10-9(11)8(6)7/h2,4,6-8H,3,5H2,1H3,(H,10,11)/t6-,7-,8?/m0/s1. The third kappa shape index (κ3) is 0.971. The summed E-state index contributed by atoms with van der Waals surface area (Å²) >= 11 is 0. The predicted molar refractivity (Wildman–Crippen MR) is 42.9 cm³/mol. The van der Waals surface area contributed by atoms with Crippen LogP contribution < -0.4 is 5.32 Å². The van der Waals surface area contributed by atoms with Crippen LogP contribution in [-0.4, -0.2) is 12.5 Å². The monoisotopic (exact) mass is 151 g/mol. The minimum absolute atomic E-state index is 0.256. The summed E-state index contributed by atoms with van der Waals surface area (Å²) in [5, 5.41) is 2.90. The molecule has 1 aliphatic heterocycles. The van der Waals surface area contributed by atoms with Gasteiger partial charge in [0, 0.05) is 18.4 Å². The molecule has 0 saturated carbocycles. The van der Waals surface area contributed by atoms with E-state index < -0.39 is 0 Å². The Hall–Kier alpha value is -0.790. The molecule has 0 bridgehead atoms. The van der Waals surface area contributed by atoms with Crippen LogP contribution in [0.4, 0.5) is 0 Å². The van der Waals surface area contributed by atoms with Gasteiger partial charge in [-0.05, 0) is 12.3 Å². The highest BCUT2D eigenvalue weighted by Gasteiger charge is 2.38. The SMILES string of the molecule is C[C@H]1CC=C[C@H]2CNC(=O)C12. The van der Waals surface area contributed by atoms with E-state index in [2.05, 4.69) is 24.4 Å². The molecule has 0 aromatic heterocycles. The minimum atomic E-state index is 0.256. The first-order valence-electron chi connectivity index (χ1n) is 4.23. The number of carbonyl (C=O) groups excluding carboxylic acids is 1. The quantitative estimate of drug-likeness (QED) is 0.513. The Bertz CT molecular complexity index is 210. The first-order chi connectivity index (χ1) is 5.29. The number of nitrogens with one attached hydrogen (secondary N) is 1. The van der Waals surface area contributed by atoms with Gasteiger partial charge in [-0.25, -0.2) is 0 Å². The molecule has 2 rings (SSSR count). The van der Waals surface area contributed by atoms with E-state index >= 15 is 0 Å². The molecule has 1 saturated heterocycles. The molecule has 1 amide bonds. The summed E-state index contributed by atoms with van der Waals surface area (Å²) in [6.45, 7) is 3.01. The van der Waals surface area contributed by atoms with Crippen molar-refractivity contribution in [1.82, 2.24) is 5.32 Å². The Labute approximate surface area is 66.7 Å². The third-order valence-corrected chi connectivity index (χ3v) is 2.78. The number of rotatable bonds is 0. The van der Waals surface area contributed by atoms with Crippen molar-refractivity contribution in [2.75, 3.05) is 6.54 Å². The molecular formula is C9H13NO. The maximum atomic E-state index is 11.3. The predicted octanol–water partition coefficient (Wildman–Crippen LogP) is 0.945. The summed E-state index contributed by atoms with van der Waals surface area (Å²) in [4.78, 5) is 11.3. The topological polar surface area (TPSA) is 29.1 Å². The van der Waals surface area contributed by atoms with Gasteiger partial charge >= 0.3 is 0 Å². The number of hydrogen-bond acceptors (Lipinski definition) is 1. The Kier molecular flexibility index (Phi) is 1.48. The van der Waals surface area contributed by atoms with Gasteiger partial charge in [-0.15, -0.1) is 0 Å². The Morgan fingerprint density at radius 2 is 2.45 bits per heavy atom. The van der Waals surface area contributed by atoms with Crippen molar-refractivity contribution in [3.05, 3.63) is 12.2 Å². The zero-order valence-electron chi connectivity index (χ0n) is 6.71. The molecule has 0 radical (unpaired) electrons. The van der Waals surface area contributed by atoms with Gasteiger partial charge in [0.05, 0.1) is 0 Å². The lowest BCUT2D eigenvalue weighted by molar-refractivity contribution is -0.124. The second-order valence-electron chi connectivity index (χ2n) is 3.58. The smallest absolute Gasteiger partial charge is 0.224 e. The maximum Gasteiger partial charge on any atom is 0.224 e. The number of carbonyl (C=O) groups is 1. The first kappa shape index (κ1) is 6.89. The molecule has 1 aliphatic carbocycles. The van der Waals surface area contributed by atoms with Gasteiger partial charge in [0.2, 0.25) is 5.91 Å². The summed E-state index contributed by atoms with van der Waals surface area (Å²) in [6.07, 6.45) is 5.45. The molecule has 3 atom stereocenters. The van der Waals surface area contributed by atoms with Crippen LogP contribution in [0.2, 0.25) is 0 Å².